The van der Waals surface area contributed by atoms with Crippen LogP contribution < -0.4 is 10.1 Å². The minimum absolute atomic E-state index is 0.283. The Labute approximate surface area is 239 Å². The summed E-state index contributed by atoms with van der Waals surface area (Å²) >= 11 is 0. The molecule has 0 aliphatic heterocycles. The van der Waals surface area contributed by atoms with Crippen molar-refractivity contribution in [1.82, 2.24) is 9.97 Å². The van der Waals surface area contributed by atoms with Crippen LogP contribution in [0.4, 0.5) is 5.69 Å². The van der Waals surface area contributed by atoms with Crippen LogP contribution in [0.15, 0.2) is 91.0 Å². The molecule has 5 aromatic rings. The average molecular weight is 546 g/mol. The fourth-order valence-corrected chi connectivity index (χ4v) is 4.33. The first kappa shape index (κ1) is 27.5. The van der Waals surface area contributed by atoms with E-state index in [0.717, 1.165) is 33.6 Å². The van der Waals surface area contributed by atoms with Crippen LogP contribution in [0.25, 0.3) is 33.5 Å². The standard InChI is InChI=1S/C34H31N3O4/c1-5-40-28-17-15-27(16-18-28)35-33(38)23(4)41-34(39)26-14-19-29-30(20-26)37-32(25-12-8-22(3)9-13-25)31(36-29)24-10-6-21(2)7-11-24/h6-20,23H,5H2,1-4H3,(H,35,38). The molecule has 41 heavy (non-hydrogen) atoms. The highest BCUT2D eigenvalue weighted by Gasteiger charge is 2.21. The van der Waals surface area contributed by atoms with E-state index in [4.69, 9.17) is 19.4 Å². The maximum absolute atomic E-state index is 13.0. The SMILES string of the molecule is CCOc1ccc(NC(=O)C(C)OC(=O)c2ccc3nc(-c4ccc(C)cc4)c(-c4ccc(C)cc4)nc3c2)cc1. The molecule has 0 bridgehead atoms. The van der Waals surface area contributed by atoms with E-state index in [-0.39, 0.29) is 5.56 Å². The second kappa shape index (κ2) is 12.0. The molecule has 0 aliphatic rings. The van der Waals surface area contributed by atoms with Gasteiger partial charge in [-0.05, 0) is 70.2 Å². The zero-order valence-electron chi connectivity index (χ0n) is 23.5. The Balaban J connectivity index is 1.39. The first-order valence-corrected chi connectivity index (χ1v) is 13.5. The number of fused-ring (bicyclic) bond motifs is 1. The van der Waals surface area contributed by atoms with Gasteiger partial charge in [0.2, 0.25) is 0 Å². The molecular formula is C34H31N3O4. The maximum atomic E-state index is 13.0. The molecule has 7 heteroatoms. The molecule has 0 saturated carbocycles. The van der Waals surface area contributed by atoms with E-state index < -0.39 is 18.0 Å². The van der Waals surface area contributed by atoms with Crippen molar-refractivity contribution < 1.29 is 19.1 Å². The number of amides is 1. The summed E-state index contributed by atoms with van der Waals surface area (Å²) in [5.41, 5.74) is 7.72. The van der Waals surface area contributed by atoms with Crippen LogP contribution in [-0.2, 0) is 9.53 Å². The number of carbonyl (C=O) groups is 2. The lowest BCUT2D eigenvalue weighted by Crippen LogP contribution is -2.30. The summed E-state index contributed by atoms with van der Waals surface area (Å²) in [4.78, 5) is 35.6. The summed E-state index contributed by atoms with van der Waals surface area (Å²) in [6.07, 6.45) is -1.01. The molecule has 1 atom stereocenters. The highest BCUT2D eigenvalue weighted by atomic mass is 16.5. The Morgan fingerprint density at radius 2 is 1.32 bits per heavy atom. The number of hydrogen-bond donors (Lipinski definition) is 1. The molecule has 1 unspecified atom stereocenters. The van der Waals surface area contributed by atoms with E-state index in [1.165, 1.54) is 6.92 Å². The molecule has 0 saturated heterocycles. The molecule has 7 nitrogen and oxygen atoms in total. The average Bonchev–Trinajstić information content (AvgIpc) is 2.98. The van der Waals surface area contributed by atoms with Crippen LogP contribution in [0.5, 0.6) is 5.75 Å². The monoisotopic (exact) mass is 545 g/mol. The number of aromatic nitrogens is 2. The number of aryl methyl sites for hydroxylation is 2. The molecule has 206 valence electrons. The predicted molar refractivity (Wildman–Crippen MR) is 161 cm³/mol. The third-order valence-electron chi connectivity index (χ3n) is 6.64. The largest absolute Gasteiger partial charge is 0.494 e. The zero-order valence-corrected chi connectivity index (χ0v) is 23.5. The molecule has 0 radical (unpaired) electrons. The number of ether oxygens (including phenoxy) is 2. The Kier molecular flexibility index (Phi) is 8.06. The van der Waals surface area contributed by atoms with E-state index in [9.17, 15) is 9.59 Å². The molecule has 1 heterocycles. The number of nitrogens with one attached hydrogen (secondary N) is 1. The van der Waals surface area contributed by atoms with Crippen LogP contribution in [0.3, 0.4) is 0 Å². The Morgan fingerprint density at radius 1 is 0.756 bits per heavy atom. The van der Waals surface area contributed by atoms with E-state index in [1.54, 1.807) is 42.5 Å². The zero-order chi connectivity index (χ0) is 28.9. The van der Waals surface area contributed by atoms with Gasteiger partial charge < -0.3 is 14.8 Å². The van der Waals surface area contributed by atoms with Gasteiger partial charge in [-0.25, -0.2) is 14.8 Å². The minimum Gasteiger partial charge on any atom is -0.494 e. The maximum Gasteiger partial charge on any atom is 0.338 e. The van der Waals surface area contributed by atoms with E-state index in [2.05, 4.69) is 5.32 Å². The van der Waals surface area contributed by atoms with Gasteiger partial charge in [-0.1, -0.05) is 59.7 Å². The smallest absolute Gasteiger partial charge is 0.338 e. The molecule has 0 fully saturated rings. The Hall–Kier alpha value is -5.04. The number of hydrogen-bond acceptors (Lipinski definition) is 6. The number of carbonyl (C=O) groups excluding carboxylic acids is 2. The third-order valence-corrected chi connectivity index (χ3v) is 6.64. The quantitative estimate of drug-likeness (QED) is 0.208. The third kappa shape index (κ3) is 6.41. The normalized spacial score (nSPS) is 11.6. The first-order valence-electron chi connectivity index (χ1n) is 13.5. The van der Waals surface area contributed by atoms with Gasteiger partial charge in [0, 0.05) is 16.8 Å². The highest BCUT2D eigenvalue weighted by molar-refractivity contribution is 5.99. The molecule has 0 aliphatic carbocycles. The van der Waals surface area contributed by atoms with Gasteiger partial charge in [0.15, 0.2) is 6.10 Å². The van der Waals surface area contributed by atoms with Crippen molar-refractivity contribution in [3.05, 3.63) is 108 Å². The second-order valence-corrected chi connectivity index (χ2v) is 9.85. The molecule has 4 aromatic carbocycles. The summed E-state index contributed by atoms with van der Waals surface area (Å²) in [6.45, 7) is 8.07. The van der Waals surface area contributed by atoms with Gasteiger partial charge >= 0.3 is 5.97 Å². The predicted octanol–water partition coefficient (Wildman–Crippen LogP) is 7.16. The van der Waals surface area contributed by atoms with Crippen molar-refractivity contribution >= 4 is 28.6 Å². The summed E-state index contributed by atoms with van der Waals surface area (Å²) in [7, 11) is 0. The van der Waals surface area contributed by atoms with E-state index in [1.807, 2.05) is 69.3 Å². The Morgan fingerprint density at radius 3 is 1.88 bits per heavy atom. The number of anilines is 1. The topological polar surface area (TPSA) is 90.4 Å². The molecule has 1 amide bonds. The number of esters is 1. The molecule has 0 spiro atoms. The van der Waals surface area contributed by atoms with Gasteiger partial charge in [-0.3, -0.25) is 4.79 Å². The van der Waals surface area contributed by atoms with E-state index in [0.29, 0.717) is 29.1 Å². The van der Waals surface area contributed by atoms with E-state index >= 15 is 0 Å². The lowest BCUT2D eigenvalue weighted by Gasteiger charge is -2.15. The van der Waals surface area contributed by atoms with Gasteiger partial charge in [0.05, 0.1) is 34.6 Å². The van der Waals surface area contributed by atoms with Crippen molar-refractivity contribution in [1.29, 1.82) is 0 Å². The Bertz CT molecular complexity index is 1700. The molecular weight excluding hydrogens is 514 g/mol. The van der Waals surface area contributed by atoms with Crippen molar-refractivity contribution in [3.63, 3.8) is 0 Å². The number of nitrogens with zero attached hydrogens (tertiary/aromatic N) is 2. The molecule has 1 aromatic heterocycles. The van der Waals surface area contributed by atoms with Crippen molar-refractivity contribution in [3.8, 4) is 28.3 Å². The fraction of sp³-hybridized carbons (Fsp3) is 0.176. The van der Waals surface area contributed by atoms with Crippen molar-refractivity contribution in [2.24, 2.45) is 0 Å². The summed E-state index contributed by atoms with van der Waals surface area (Å²) < 4.78 is 10.9. The van der Waals surface area contributed by atoms with Gasteiger partial charge in [0.25, 0.3) is 5.91 Å². The second-order valence-electron chi connectivity index (χ2n) is 9.85. The highest BCUT2D eigenvalue weighted by Crippen LogP contribution is 2.32. The number of rotatable bonds is 8. The fourth-order valence-electron chi connectivity index (χ4n) is 4.33. The van der Waals surface area contributed by atoms with Crippen molar-refractivity contribution in [2.75, 3.05) is 11.9 Å². The first-order chi connectivity index (χ1) is 19.8. The lowest BCUT2D eigenvalue weighted by molar-refractivity contribution is -0.123. The van der Waals surface area contributed by atoms with Gasteiger partial charge in [0.1, 0.15) is 5.75 Å². The van der Waals surface area contributed by atoms with Crippen molar-refractivity contribution in [2.45, 2.75) is 33.8 Å². The summed E-state index contributed by atoms with van der Waals surface area (Å²) in [6, 6.07) is 28.3. The van der Waals surface area contributed by atoms with Gasteiger partial charge in [-0.15, -0.1) is 0 Å². The number of benzene rings is 4. The van der Waals surface area contributed by atoms with Crippen LogP contribution in [0.1, 0.15) is 35.3 Å². The lowest BCUT2D eigenvalue weighted by atomic mass is 10.0. The van der Waals surface area contributed by atoms with Crippen LogP contribution >= 0.6 is 0 Å². The van der Waals surface area contributed by atoms with Gasteiger partial charge in [-0.2, -0.15) is 0 Å². The van der Waals surface area contributed by atoms with Crippen LogP contribution in [0, 0.1) is 13.8 Å². The summed E-state index contributed by atoms with van der Waals surface area (Å²) in [5.74, 6) is -0.351. The minimum atomic E-state index is -1.01. The molecule has 1 N–H and O–H groups in total. The summed E-state index contributed by atoms with van der Waals surface area (Å²) in [5, 5.41) is 2.76. The molecule has 5 rings (SSSR count). The van der Waals surface area contributed by atoms with Crippen LogP contribution in [0.2, 0.25) is 0 Å². The van der Waals surface area contributed by atoms with Crippen LogP contribution in [-0.4, -0.2) is 34.6 Å².